The summed E-state index contributed by atoms with van der Waals surface area (Å²) in [7, 11) is 0. The Morgan fingerprint density at radius 1 is 1.05 bits per heavy atom. The minimum absolute atomic E-state index is 0.0248. The molecule has 104 valence electrons. The molecule has 1 N–H and O–H groups in total. The molecule has 0 atom stereocenters. The van der Waals surface area contributed by atoms with Crippen LogP contribution in [0, 0.1) is 10.1 Å². The number of rotatable bonds is 4. The van der Waals surface area contributed by atoms with Crippen molar-refractivity contribution in [1.82, 2.24) is 10.2 Å². The number of hydrogen-bond donors (Lipinski definition) is 1. The van der Waals surface area contributed by atoms with E-state index in [1.165, 1.54) is 12.1 Å². The number of hydrogen-bond acceptors (Lipinski definition) is 6. The molecule has 2 aromatic carbocycles. The zero-order valence-corrected chi connectivity index (χ0v) is 10.8. The van der Waals surface area contributed by atoms with Gasteiger partial charge in [0.15, 0.2) is 0 Å². The molecule has 0 unspecified atom stereocenters. The Morgan fingerprint density at radius 3 is 2.62 bits per heavy atom. The first-order valence-electron chi connectivity index (χ1n) is 6.13. The molecule has 0 aliphatic carbocycles. The van der Waals surface area contributed by atoms with Crippen molar-refractivity contribution in [3.05, 3.63) is 64.7 Å². The van der Waals surface area contributed by atoms with E-state index < -0.39 is 4.92 Å². The van der Waals surface area contributed by atoms with E-state index in [1.54, 1.807) is 12.1 Å². The van der Waals surface area contributed by atoms with Crippen LogP contribution in [-0.2, 0) is 0 Å². The lowest BCUT2D eigenvalue weighted by molar-refractivity contribution is -0.384. The first kappa shape index (κ1) is 12.8. The number of aromatic nitrogens is 2. The van der Waals surface area contributed by atoms with Gasteiger partial charge in [0.25, 0.3) is 5.69 Å². The van der Waals surface area contributed by atoms with Gasteiger partial charge in [-0.1, -0.05) is 29.4 Å². The lowest BCUT2D eigenvalue weighted by Gasteiger charge is -1.99. The molecule has 3 rings (SSSR count). The van der Waals surface area contributed by atoms with Gasteiger partial charge in [-0.15, -0.1) is 5.10 Å². The van der Waals surface area contributed by atoms with Gasteiger partial charge in [0.2, 0.25) is 5.89 Å². The highest BCUT2D eigenvalue weighted by Crippen LogP contribution is 2.25. The number of nitro groups is 1. The summed E-state index contributed by atoms with van der Waals surface area (Å²) in [5.41, 5.74) is 1.29. The third-order valence-electron chi connectivity index (χ3n) is 2.75. The lowest BCUT2D eigenvalue weighted by Crippen LogP contribution is -1.88. The smallest absolute Gasteiger partial charge is 0.320 e. The molecule has 7 nitrogen and oxygen atoms in total. The molecule has 0 aliphatic rings. The average Bonchev–Trinajstić information content (AvgIpc) is 2.97. The van der Waals surface area contributed by atoms with E-state index in [0.717, 1.165) is 5.69 Å². The highest BCUT2D eigenvalue weighted by Gasteiger charge is 2.12. The molecule has 0 aliphatic heterocycles. The van der Waals surface area contributed by atoms with Crippen molar-refractivity contribution in [2.45, 2.75) is 0 Å². The van der Waals surface area contributed by atoms with Crippen LogP contribution < -0.4 is 5.32 Å². The monoisotopic (exact) mass is 282 g/mol. The minimum Gasteiger partial charge on any atom is -0.403 e. The number of benzene rings is 2. The van der Waals surface area contributed by atoms with Gasteiger partial charge < -0.3 is 9.73 Å². The second-order valence-electron chi connectivity index (χ2n) is 4.21. The third kappa shape index (κ3) is 2.86. The van der Waals surface area contributed by atoms with Gasteiger partial charge >= 0.3 is 6.01 Å². The Hall–Kier alpha value is -3.22. The van der Waals surface area contributed by atoms with E-state index in [0.29, 0.717) is 5.56 Å². The quantitative estimate of drug-likeness (QED) is 0.582. The number of nitro benzene ring substituents is 1. The lowest BCUT2D eigenvalue weighted by atomic mass is 10.2. The maximum atomic E-state index is 10.8. The summed E-state index contributed by atoms with van der Waals surface area (Å²) >= 11 is 0. The van der Waals surface area contributed by atoms with E-state index in [9.17, 15) is 10.1 Å². The molecule has 0 fully saturated rings. The van der Waals surface area contributed by atoms with Gasteiger partial charge in [-0.2, -0.15) is 0 Å². The molecule has 7 heteroatoms. The number of nitrogens with zero attached hydrogens (tertiary/aromatic N) is 3. The highest BCUT2D eigenvalue weighted by molar-refractivity contribution is 5.59. The second kappa shape index (κ2) is 5.41. The summed E-state index contributed by atoms with van der Waals surface area (Å²) in [5.74, 6) is 0.220. The van der Waals surface area contributed by atoms with Crippen molar-refractivity contribution < 1.29 is 9.34 Å². The predicted molar refractivity (Wildman–Crippen MR) is 76.1 cm³/mol. The van der Waals surface area contributed by atoms with E-state index in [4.69, 9.17) is 4.42 Å². The molecule has 21 heavy (non-hydrogen) atoms. The van der Waals surface area contributed by atoms with Gasteiger partial charge in [0.1, 0.15) is 0 Å². The Balaban J connectivity index is 1.85. The normalized spacial score (nSPS) is 10.3. The third-order valence-corrected chi connectivity index (χ3v) is 2.75. The fourth-order valence-electron chi connectivity index (χ4n) is 1.79. The molecular weight excluding hydrogens is 272 g/mol. The molecule has 0 spiro atoms. The van der Waals surface area contributed by atoms with E-state index in [2.05, 4.69) is 15.5 Å². The molecule has 0 amide bonds. The number of anilines is 2. The van der Waals surface area contributed by atoms with Gasteiger partial charge in [-0.3, -0.25) is 10.1 Å². The van der Waals surface area contributed by atoms with Crippen molar-refractivity contribution in [3.63, 3.8) is 0 Å². The summed E-state index contributed by atoms with van der Waals surface area (Å²) < 4.78 is 5.45. The summed E-state index contributed by atoms with van der Waals surface area (Å²) in [4.78, 5) is 10.3. The van der Waals surface area contributed by atoms with Crippen LogP contribution in [0.5, 0.6) is 0 Å². The second-order valence-corrected chi connectivity index (χ2v) is 4.21. The zero-order chi connectivity index (χ0) is 14.7. The molecule has 3 aromatic rings. The Labute approximate surface area is 119 Å². The number of non-ortho nitro benzene ring substituents is 1. The van der Waals surface area contributed by atoms with Crippen LogP contribution >= 0.6 is 0 Å². The topological polar surface area (TPSA) is 94.1 Å². The first-order valence-corrected chi connectivity index (χ1v) is 6.13. The largest absolute Gasteiger partial charge is 0.403 e. The fraction of sp³-hybridized carbons (Fsp3) is 0. The number of para-hydroxylation sites is 1. The minimum atomic E-state index is -0.469. The maximum absolute atomic E-state index is 10.8. The van der Waals surface area contributed by atoms with Gasteiger partial charge in [0.05, 0.1) is 4.92 Å². The molecular formula is C14H10N4O3. The molecule has 0 radical (unpaired) electrons. The molecule has 0 saturated carbocycles. The van der Waals surface area contributed by atoms with E-state index >= 15 is 0 Å². The fourth-order valence-corrected chi connectivity index (χ4v) is 1.79. The van der Waals surface area contributed by atoms with Crippen molar-refractivity contribution in [1.29, 1.82) is 0 Å². The summed E-state index contributed by atoms with van der Waals surface area (Å²) in [5, 5.41) is 21.5. The van der Waals surface area contributed by atoms with Crippen molar-refractivity contribution in [3.8, 4) is 11.5 Å². The zero-order valence-electron chi connectivity index (χ0n) is 10.8. The highest BCUT2D eigenvalue weighted by atomic mass is 16.6. The van der Waals surface area contributed by atoms with Crippen LogP contribution in [0.3, 0.4) is 0 Å². The average molecular weight is 282 g/mol. The van der Waals surface area contributed by atoms with Crippen LogP contribution in [0.15, 0.2) is 59.0 Å². The SMILES string of the molecule is O=[N+]([O-])c1cccc(-c2nnc(Nc3ccccc3)o2)c1. The standard InChI is InChI=1S/C14H10N4O3/c19-18(20)12-8-4-5-10(9-12)13-16-17-14(21-13)15-11-6-2-1-3-7-11/h1-9H,(H,15,17). The van der Waals surface area contributed by atoms with Crippen LogP contribution in [0.25, 0.3) is 11.5 Å². The first-order chi connectivity index (χ1) is 10.2. The van der Waals surface area contributed by atoms with Crippen molar-refractivity contribution in [2.75, 3.05) is 5.32 Å². The molecule has 1 aromatic heterocycles. The van der Waals surface area contributed by atoms with Crippen molar-refractivity contribution >= 4 is 17.4 Å². The Bertz CT molecular complexity index is 771. The summed E-state index contributed by atoms with van der Waals surface area (Å²) in [6.07, 6.45) is 0. The Morgan fingerprint density at radius 2 is 1.86 bits per heavy atom. The molecule has 0 bridgehead atoms. The van der Waals surface area contributed by atoms with E-state index in [-0.39, 0.29) is 17.6 Å². The van der Waals surface area contributed by atoms with E-state index in [1.807, 2.05) is 30.3 Å². The van der Waals surface area contributed by atoms with Gasteiger partial charge in [-0.05, 0) is 18.2 Å². The predicted octanol–water partition coefficient (Wildman–Crippen LogP) is 3.39. The van der Waals surface area contributed by atoms with Crippen LogP contribution in [0.4, 0.5) is 17.4 Å². The number of nitrogens with one attached hydrogen (secondary N) is 1. The van der Waals surface area contributed by atoms with Gasteiger partial charge in [-0.25, -0.2) is 0 Å². The van der Waals surface area contributed by atoms with Gasteiger partial charge in [0, 0.05) is 23.4 Å². The molecule has 1 heterocycles. The maximum Gasteiger partial charge on any atom is 0.320 e. The summed E-state index contributed by atoms with van der Waals surface area (Å²) in [6, 6.07) is 15.6. The van der Waals surface area contributed by atoms with Crippen molar-refractivity contribution in [2.24, 2.45) is 0 Å². The molecule has 0 saturated heterocycles. The van der Waals surface area contributed by atoms with Crippen LogP contribution in [0.1, 0.15) is 0 Å². The summed E-state index contributed by atoms with van der Waals surface area (Å²) in [6.45, 7) is 0. The Kier molecular flexibility index (Phi) is 3.30. The van der Waals surface area contributed by atoms with Crippen LogP contribution in [-0.4, -0.2) is 15.1 Å². The van der Waals surface area contributed by atoms with Crippen LogP contribution in [0.2, 0.25) is 0 Å².